The van der Waals surface area contributed by atoms with Gasteiger partial charge in [-0.15, -0.1) is 0 Å². The molecule has 6 heteroatoms. The third kappa shape index (κ3) is 5.02. The molecule has 0 saturated heterocycles. The molecule has 0 bridgehead atoms. The molecule has 0 fully saturated rings. The second-order valence-corrected chi connectivity index (χ2v) is 7.04. The van der Waals surface area contributed by atoms with Gasteiger partial charge in [0.05, 0.1) is 6.61 Å². The third-order valence-electron chi connectivity index (χ3n) is 3.81. The summed E-state index contributed by atoms with van der Waals surface area (Å²) in [6.45, 7) is 2.41. The van der Waals surface area contributed by atoms with Crippen LogP contribution in [0.25, 0.3) is 17.4 Å². The van der Waals surface area contributed by atoms with Crippen molar-refractivity contribution in [2.75, 3.05) is 11.9 Å². The first-order valence-electron chi connectivity index (χ1n) is 8.61. The fraction of sp³-hybridized carbons (Fsp3) is 0.0909. The molecule has 28 heavy (non-hydrogen) atoms. The van der Waals surface area contributed by atoms with Crippen LogP contribution in [0, 0.1) is 14.9 Å². The number of nitriles is 1. The Balaban J connectivity index is 1.76. The number of hydrogen-bond donors (Lipinski definition) is 1. The Kier molecular flexibility index (Phi) is 6.50. The number of carbonyl (C=O) groups is 1. The largest absolute Gasteiger partial charge is 0.494 e. The number of anilines is 1. The minimum absolute atomic E-state index is 0.0506. The van der Waals surface area contributed by atoms with E-state index in [-0.39, 0.29) is 5.57 Å². The van der Waals surface area contributed by atoms with Gasteiger partial charge in [0.15, 0.2) is 0 Å². The van der Waals surface area contributed by atoms with Crippen molar-refractivity contribution in [3.8, 4) is 23.1 Å². The van der Waals surface area contributed by atoms with E-state index in [0.29, 0.717) is 29.6 Å². The quantitative estimate of drug-likeness (QED) is 0.285. The van der Waals surface area contributed by atoms with Gasteiger partial charge in [-0.3, -0.25) is 4.79 Å². The summed E-state index contributed by atoms with van der Waals surface area (Å²) in [5.74, 6) is 1.24. The maximum atomic E-state index is 12.4. The highest BCUT2D eigenvalue weighted by Gasteiger charge is 2.12. The fourth-order valence-electron chi connectivity index (χ4n) is 2.52. The highest BCUT2D eigenvalue weighted by Crippen LogP contribution is 2.24. The number of carbonyl (C=O) groups excluding carboxylic acids is 1. The van der Waals surface area contributed by atoms with Crippen LogP contribution in [-0.2, 0) is 4.79 Å². The van der Waals surface area contributed by atoms with Crippen molar-refractivity contribution in [3.63, 3.8) is 0 Å². The molecule has 0 aliphatic heterocycles. The second kappa shape index (κ2) is 9.24. The Bertz CT molecular complexity index is 1050. The molecule has 140 valence electrons. The third-order valence-corrected chi connectivity index (χ3v) is 4.53. The van der Waals surface area contributed by atoms with E-state index < -0.39 is 5.91 Å². The maximum Gasteiger partial charge on any atom is 0.266 e. The smallest absolute Gasteiger partial charge is 0.266 e. The summed E-state index contributed by atoms with van der Waals surface area (Å²) >= 11 is 2.24. The first-order valence-corrected chi connectivity index (χ1v) is 9.68. The number of rotatable bonds is 6. The molecule has 1 amide bonds. The van der Waals surface area contributed by atoms with Gasteiger partial charge in [0.1, 0.15) is 28.9 Å². The first kappa shape index (κ1) is 19.7. The molecular formula is C22H17IN2O3. The van der Waals surface area contributed by atoms with Gasteiger partial charge in [-0.1, -0.05) is 18.2 Å². The van der Waals surface area contributed by atoms with Crippen molar-refractivity contribution in [2.24, 2.45) is 0 Å². The Morgan fingerprint density at radius 1 is 1.21 bits per heavy atom. The molecule has 0 saturated carbocycles. The van der Waals surface area contributed by atoms with Crippen LogP contribution >= 0.6 is 22.6 Å². The minimum Gasteiger partial charge on any atom is -0.494 e. The first-order chi connectivity index (χ1) is 13.6. The van der Waals surface area contributed by atoms with Crippen LogP contribution in [0.4, 0.5) is 5.69 Å². The SMILES string of the molecule is CCOc1cccc(NC(=O)/C(C#N)=C/c2ccc(-c3ccc(I)cc3)o2)c1. The van der Waals surface area contributed by atoms with Gasteiger partial charge < -0.3 is 14.5 Å². The monoisotopic (exact) mass is 484 g/mol. The summed E-state index contributed by atoms with van der Waals surface area (Å²) in [4.78, 5) is 12.4. The van der Waals surface area contributed by atoms with Crippen molar-refractivity contribution in [3.05, 3.63) is 75.6 Å². The van der Waals surface area contributed by atoms with Gasteiger partial charge in [-0.05, 0) is 65.9 Å². The van der Waals surface area contributed by atoms with Gasteiger partial charge >= 0.3 is 0 Å². The predicted octanol–water partition coefficient (Wildman–Crippen LogP) is 5.50. The van der Waals surface area contributed by atoms with Crippen LogP contribution < -0.4 is 10.1 Å². The number of benzene rings is 2. The molecule has 5 nitrogen and oxygen atoms in total. The minimum atomic E-state index is -0.511. The summed E-state index contributed by atoms with van der Waals surface area (Å²) in [7, 11) is 0. The van der Waals surface area contributed by atoms with E-state index >= 15 is 0 Å². The number of ether oxygens (including phenoxy) is 1. The summed E-state index contributed by atoms with van der Waals surface area (Å²) in [6.07, 6.45) is 1.43. The Morgan fingerprint density at radius 2 is 2.00 bits per heavy atom. The Morgan fingerprint density at radius 3 is 2.71 bits per heavy atom. The lowest BCUT2D eigenvalue weighted by atomic mass is 10.2. The van der Waals surface area contributed by atoms with Crippen molar-refractivity contribution in [2.45, 2.75) is 6.92 Å². The van der Waals surface area contributed by atoms with Crippen molar-refractivity contribution in [1.29, 1.82) is 5.26 Å². The molecule has 0 spiro atoms. The van der Waals surface area contributed by atoms with Crippen molar-refractivity contribution < 1.29 is 13.9 Å². The molecule has 2 aromatic carbocycles. The van der Waals surface area contributed by atoms with Gasteiger partial charge in [-0.2, -0.15) is 5.26 Å². The molecule has 0 atom stereocenters. The van der Waals surface area contributed by atoms with Gasteiger partial charge in [0.2, 0.25) is 0 Å². The van der Waals surface area contributed by atoms with Crippen LogP contribution in [-0.4, -0.2) is 12.5 Å². The van der Waals surface area contributed by atoms with Gasteiger partial charge in [0.25, 0.3) is 5.91 Å². The zero-order chi connectivity index (χ0) is 19.9. The standard InChI is InChI=1S/C22H17IN2O3/c1-2-27-19-5-3-4-18(13-19)25-22(26)16(14-24)12-20-10-11-21(28-20)15-6-8-17(23)9-7-15/h3-13H,2H2,1H3,(H,25,26)/b16-12+. The molecule has 1 aromatic heterocycles. The van der Waals surface area contributed by atoms with Crippen LogP contribution in [0.15, 0.2) is 70.7 Å². The lowest BCUT2D eigenvalue weighted by molar-refractivity contribution is -0.112. The molecule has 0 aliphatic carbocycles. The highest BCUT2D eigenvalue weighted by atomic mass is 127. The summed E-state index contributed by atoms with van der Waals surface area (Å²) in [5.41, 5.74) is 1.43. The van der Waals surface area contributed by atoms with E-state index in [0.717, 1.165) is 9.13 Å². The molecule has 1 heterocycles. The second-order valence-electron chi connectivity index (χ2n) is 5.79. The predicted molar refractivity (Wildman–Crippen MR) is 117 cm³/mol. The molecule has 3 aromatic rings. The van der Waals surface area contributed by atoms with Crippen LogP contribution in [0.2, 0.25) is 0 Å². The number of amides is 1. The normalized spacial score (nSPS) is 11.0. The van der Waals surface area contributed by atoms with Crippen LogP contribution in [0.5, 0.6) is 5.75 Å². The topological polar surface area (TPSA) is 75.3 Å². The van der Waals surface area contributed by atoms with E-state index in [2.05, 4.69) is 27.9 Å². The Hall–Kier alpha value is -3.05. The van der Waals surface area contributed by atoms with Gasteiger partial charge in [-0.25, -0.2) is 0 Å². The van der Waals surface area contributed by atoms with E-state index in [1.807, 2.05) is 43.3 Å². The van der Waals surface area contributed by atoms with Crippen LogP contribution in [0.1, 0.15) is 12.7 Å². The lowest BCUT2D eigenvalue weighted by Gasteiger charge is -2.07. The molecular weight excluding hydrogens is 467 g/mol. The molecule has 1 N–H and O–H groups in total. The average molecular weight is 484 g/mol. The molecule has 0 aliphatic rings. The zero-order valence-electron chi connectivity index (χ0n) is 15.1. The zero-order valence-corrected chi connectivity index (χ0v) is 17.3. The molecule has 0 unspecified atom stereocenters. The average Bonchev–Trinajstić information content (AvgIpc) is 3.16. The van der Waals surface area contributed by atoms with Crippen molar-refractivity contribution in [1.82, 2.24) is 0 Å². The fourth-order valence-corrected chi connectivity index (χ4v) is 2.88. The van der Waals surface area contributed by atoms with Gasteiger partial charge in [0, 0.05) is 27.0 Å². The van der Waals surface area contributed by atoms with E-state index in [1.54, 1.807) is 30.3 Å². The molecule has 3 rings (SSSR count). The highest BCUT2D eigenvalue weighted by molar-refractivity contribution is 14.1. The number of halogens is 1. The molecule has 0 radical (unpaired) electrons. The number of nitrogens with one attached hydrogen (secondary N) is 1. The maximum absolute atomic E-state index is 12.4. The summed E-state index contributed by atoms with van der Waals surface area (Å²) < 4.78 is 12.3. The lowest BCUT2D eigenvalue weighted by Crippen LogP contribution is -2.13. The number of nitrogens with zero attached hydrogens (tertiary/aromatic N) is 1. The number of furan rings is 1. The number of hydrogen-bond acceptors (Lipinski definition) is 4. The summed E-state index contributed by atoms with van der Waals surface area (Å²) in [6, 6.07) is 20.4. The van der Waals surface area contributed by atoms with E-state index in [4.69, 9.17) is 9.15 Å². The van der Waals surface area contributed by atoms with E-state index in [9.17, 15) is 10.1 Å². The van der Waals surface area contributed by atoms with E-state index in [1.165, 1.54) is 6.08 Å². The Labute approximate surface area is 176 Å². The van der Waals surface area contributed by atoms with Crippen LogP contribution in [0.3, 0.4) is 0 Å². The van der Waals surface area contributed by atoms with Crippen molar-refractivity contribution >= 4 is 40.3 Å². The summed E-state index contributed by atoms with van der Waals surface area (Å²) in [5, 5.41) is 12.1.